The summed E-state index contributed by atoms with van der Waals surface area (Å²) in [5.41, 5.74) is 4.93. The van der Waals surface area contributed by atoms with Crippen LogP contribution in [0.3, 0.4) is 0 Å². The number of halogens is 2. The van der Waals surface area contributed by atoms with Crippen LogP contribution in [0.4, 0.5) is 5.69 Å². The molecule has 1 aliphatic rings. The Morgan fingerprint density at radius 1 is 1.00 bits per heavy atom. The van der Waals surface area contributed by atoms with E-state index in [1.807, 2.05) is 36.4 Å². The van der Waals surface area contributed by atoms with Crippen LogP contribution in [0.2, 0.25) is 5.02 Å². The number of aliphatic imine (C=N–C) groups is 1. The lowest BCUT2D eigenvalue weighted by molar-refractivity contribution is 0.391. The highest BCUT2D eigenvalue weighted by molar-refractivity contribution is 9.10. The fourth-order valence-electron chi connectivity index (χ4n) is 3.36. The smallest absolute Gasteiger partial charge is 0.199 e. The van der Waals surface area contributed by atoms with Gasteiger partial charge in [0.25, 0.3) is 0 Å². The number of anilines is 1. The number of guanidine groups is 1. The van der Waals surface area contributed by atoms with Crippen LogP contribution in [0.15, 0.2) is 82.3 Å². The van der Waals surface area contributed by atoms with Gasteiger partial charge in [0, 0.05) is 22.6 Å². The van der Waals surface area contributed by atoms with Crippen molar-refractivity contribution in [3.05, 3.63) is 99.0 Å². The van der Waals surface area contributed by atoms with Gasteiger partial charge < -0.3 is 10.2 Å². The molecule has 0 spiro atoms. The Bertz CT molecular complexity index is 988. The van der Waals surface area contributed by atoms with Gasteiger partial charge in [-0.15, -0.1) is 0 Å². The van der Waals surface area contributed by atoms with Crippen molar-refractivity contribution in [2.45, 2.75) is 19.5 Å². The van der Waals surface area contributed by atoms with Gasteiger partial charge in [-0.25, -0.2) is 4.99 Å². The van der Waals surface area contributed by atoms with Gasteiger partial charge in [-0.2, -0.15) is 0 Å². The summed E-state index contributed by atoms with van der Waals surface area (Å²) in [7, 11) is 0. The Kier molecular flexibility index (Phi) is 5.98. The summed E-state index contributed by atoms with van der Waals surface area (Å²) in [6, 6.07) is 24.7. The average molecular weight is 455 g/mol. The van der Waals surface area contributed by atoms with E-state index in [0.717, 1.165) is 35.6 Å². The van der Waals surface area contributed by atoms with E-state index in [1.54, 1.807) is 0 Å². The van der Waals surface area contributed by atoms with Crippen LogP contribution in [-0.4, -0.2) is 17.4 Å². The first-order valence-electron chi connectivity index (χ1n) is 9.31. The van der Waals surface area contributed by atoms with Gasteiger partial charge in [-0.3, -0.25) is 0 Å². The molecule has 0 unspecified atom stereocenters. The molecule has 4 rings (SSSR count). The van der Waals surface area contributed by atoms with Gasteiger partial charge in [0.15, 0.2) is 5.96 Å². The highest BCUT2D eigenvalue weighted by atomic mass is 79.9. The Labute approximate surface area is 179 Å². The molecule has 3 aromatic rings. The molecular weight excluding hydrogens is 434 g/mol. The monoisotopic (exact) mass is 453 g/mol. The second kappa shape index (κ2) is 8.80. The van der Waals surface area contributed by atoms with Crippen LogP contribution in [0.25, 0.3) is 0 Å². The van der Waals surface area contributed by atoms with Gasteiger partial charge >= 0.3 is 0 Å². The van der Waals surface area contributed by atoms with E-state index in [0.29, 0.717) is 11.6 Å². The zero-order valence-electron chi connectivity index (χ0n) is 15.4. The molecule has 1 N–H and O–H groups in total. The lowest BCUT2D eigenvalue weighted by Gasteiger charge is -2.32. The van der Waals surface area contributed by atoms with Crippen LogP contribution in [-0.2, 0) is 19.5 Å². The third kappa shape index (κ3) is 4.57. The molecule has 0 bridgehead atoms. The van der Waals surface area contributed by atoms with E-state index in [4.69, 9.17) is 16.6 Å². The first kappa shape index (κ1) is 19.0. The van der Waals surface area contributed by atoms with Gasteiger partial charge in [0.1, 0.15) is 0 Å². The molecule has 0 radical (unpaired) electrons. The average Bonchev–Trinajstić information content (AvgIpc) is 2.73. The molecule has 0 atom stereocenters. The molecule has 1 heterocycles. The summed E-state index contributed by atoms with van der Waals surface area (Å²) in [6.07, 6.45) is 1.02. The molecule has 1 aliphatic heterocycles. The maximum atomic E-state index is 6.10. The fraction of sp³-hybridized carbons (Fsp3) is 0.174. The summed E-state index contributed by atoms with van der Waals surface area (Å²) in [6.45, 7) is 2.41. The van der Waals surface area contributed by atoms with E-state index in [9.17, 15) is 0 Å². The Hall–Kier alpha value is -2.30. The summed E-state index contributed by atoms with van der Waals surface area (Å²) in [5.74, 6) is 0.876. The molecule has 5 heteroatoms. The van der Waals surface area contributed by atoms with Crippen molar-refractivity contribution in [1.29, 1.82) is 0 Å². The summed E-state index contributed by atoms with van der Waals surface area (Å²) >= 11 is 9.70. The standard InChI is InChI=1S/C23H21BrClN3/c24-21-14-20(25)10-11-22(21)27-23(26-15-17-6-2-1-3-7-17)28-13-12-18-8-4-5-9-19(18)16-28/h1-11,14H,12-13,15-16H2,(H,26,27). The number of benzene rings is 3. The van der Waals surface area contributed by atoms with Crippen molar-refractivity contribution < 1.29 is 0 Å². The molecule has 0 saturated heterocycles. The molecule has 0 fully saturated rings. The Balaban J connectivity index is 1.61. The highest BCUT2D eigenvalue weighted by Crippen LogP contribution is 2.27. The molecule has 0 aliphatic carbocycles. The molecule has 142 valence electrons. The maximum Gasteiger partial charge on any atom is 0.199 e. The third-order valence-corrected chi connectivity index (χ3v) is 5.75. The Morgan fingerprint density at radius 3 is 2.54 bits per heavy atom. The number of hydrogen-bond acceptors (Lipinski definition) is 1. The molecule has 0 saturated carbocycles. The molecule has 0 amide bonds. The number of rotatable bonds is 3. The normalized spacial score (nSPS) is 13.9. The van der Waals surface area contributed by atoms with E-state index in [-0.39, 0.29) is 0 Å². The first-order valence-corrected chi connectivity index (χ1v) is 10.5. The number of nitrogens with one attached hydrogen (secondary N) is 1. The second-order valence-electron chi connectivity index (χ2n) is 6.81. The Morgan fingerprint density at radius 2 is 1.75 bits per heavy atom. The first-order chi connectivity index (χ1) is 13.7. The van der Waals surface area contributed by atoms with Crippen molar-refractivity contribution in [3.8, 4) is 0 Å². The van der Waals surface area contributed by atoms with Crippen molar-refractivity contribution in [1.82, 2.24) is 4.90 Å². The minimum absolute atomic E-state index is 0.631. The van der Waals surface area contributed by atoms with Gasteiger partial charge in [-0.1, -0.05) is 66.2 Å². The molecule has 3 aromatic carbocycles. The third-order valence-electron chi connectivity index (χ3n) is 4.86. The van der Waals surface area contributed by atoms with Crippen molar-refractivity contribution in [3.63, 3.8) is 0 Å². The van der Waals surface area contributed by atoms with Crippen LogP contribution in [0.5, 0.6) is 0 Å². The second-order valence-corrected chi connectivity index (χ2v) is 8.11. The van der Waals surface area contributed by atoms with Crippen LogP contribution in [0.1, 0.15) is 16.7 Å². The van der Waals surface area contributed by atoms with Gasteiger partial charge in [-0.05, 0) is 57.2 Å². The maximum absolute atomic E-state index is 6.10. The van der Waals surface area contributed by atoms with Crippen molar-refractivity contribution in [2.24, 2.45) is 4.99 Å². The lowest BCUT2D eigenvalue weighted by Crippen LogP contribution is -2.40. The summed E-state index contributed by atoms with van der Waals surface area (Å²) in [4.78, 5) is 7.24. The fourth-order valence-corrected chi connectivity index (χ4v) is 4.14. The molecular formula is C23H21BrClN3. The zero-order valence-corrected chi connectivity index (χ0v) is 17.7. The summed E-state index contributed by atoms with van der Waals surface area (Å²) in [5, 5.41) is 4.22. The van der Waals surface area contributed by atoms with E-state index in [2.05, 4.69) is 62.5 Å². The number of nitrogens with zero attached hydrogens (tertiary/aromatic N) is 2. The van der Waals surface area contributed by atoms with Crippen LogP contribution < -0.4 is 5.32 Å². The van der Waals surface area contributed by atoms with Gasteiger partial charge in [0.2, 0.25) is 0 Å². The predicted octanol–water partition coefficient (Wildman–Crippen LogP) is 6.13. The van der Waals surface area contributed by atoms with E-state index in [1.165, 1.54) is 16.7 Å². The largest absolute Gasteiger partial charge is 0.338 e. The topological polar surface area (TPSA) is 27.6 Å². The van der Waals surface area contributed by atoms with Crippen LogP contribution in [0, 0.1) is 0 Å². The minimum Gasteiger partial charge on any atom is -0.338 e. The predicted molar refractivity (Wildman–Crippen MR) is 121 cm³/mol. The lowest BCUT2D eigenvalue weighted by atomic mass is 10.0. The van der Waals surface area contributed by atoms with Crippen LogP contribution >= 0.6 is 27.5 Å². The molecule has 3 nitrogen and oxygen atoms in total. The SMILES string of the molecule is Clc1ccc(NC(=NCc2ccccc2)N2CCc3ccccc3C2)c(Br)c1. The van der Waals surface area contributed by atoms with Crippen molar-refractivity contribution >= 4 is 39.2 Å². The quantitative estimate of drug-likeness (QED) is 0.381. The zero-order chi connectivity index (χ0) is 19.3. The van der Waals surface area contributed by atoms with E-state index >= 15 is 0 Å². The van der Waals surface area contributed by atoms with E-state index < -0.39 is 0 Å². The molecule has 0 aromatic heterocycles. The summed E-state index contributed by atoms with van der Waals surface area (Å²) < 4.78 is 0.921. The number of fused-ring (bicyclic) bond motifs is 1. The van der Waals surface area contributed by atoms with Gasteiger partial charge in [0.05, 0.1) is 12.2 Å². The number of hydrogen-bond donors (Lipinski definition) is 1. The van der Waals surface area contributed by atoms with Crippen molar-refractivity contribution in [2.75, 3.05) is 11.9 Å². The minimum atomic E-state index is 0.631. The molecule has 28 heavy (non-hydrogen) atoms. The highest BCUT2D eigenvalue weighted by Gasteiger charge is 2.19.